The molecule has 1 amide bonds. The summed E-state index contributed by atoms with van der Waals surface area (Å²) in [6.07, 6.45) is 8.35. The Morgan fingerprint density at radius 3 is 2.46 bits per heavy atom. The first-order chi connectivity index (χ1) is 16.9. The van der Waals surface area contributed by atoms with E-state index in [0.717, 1.165) is 49.3 Å². The number of anilines is 1. The Morgan fingerprint density at radius 1 is 1.06 bits per heavy atom. The molecule has 6 heteroatoms. The van der Waals surface area contributed by atoms with Crippen LogP contribution in [0.4, 0.5) is 5.82 Å². The van der Waals surface area contributed by atoms with Crippen LogP contribution in [-0.2, 0) is 0 Å². The number of likely N-dealkylation sites (tertiary alicyclic amines) is 1. The molecular weight excluding hydrogens is 434 g/mol. The molecule has 180 valence electrons. The van der Waals surface area contributed by atoms with Crippen molar-refractivity contribution in [2.24, 2.45) is 0 Å². The molecule has 5 rings (SSSR count). The Morgan fingerprint density at radius 2 is 1.80 bits per heavy atom. The zero-order valence-corrected chi connectivity index (χ0v) is 20.7. The Hall–Kier alpha value is -3.51. The molecule has 0 radical (unpaired) electrons. The number of rotatable bonds is 5. The minimum atomic E-state index is 0.0524. The fourth-order valence-electron chi connectivity index (χ4n) is 5.31. The van der Waals surface area contributed by atoms with Crippen LogP contribution >= 0.6 is 0 Å². The Kier molecular flexibility index (Phi) is 6.39. The van der Waals surface area contributed by atoms with Gasteiger partial charge in [-0.05, 0) is 78.9 Å². The van der Waals surface area contributed by atoms with Gasteiger partial charge in [-0.1, -0.05) is 25.1 Å². The number of nitrogens with two attached hydrogens (primary N) is 1. The number of fused-ring (bicyclic) bond motifs is 1. The monoisotopic (exact) mass is 467 g/mol. The van der Waals surface area contributed by atoms with Gasteiger partial charge in [0, 0.05) is 55.6 Å². The summed E-state index contributed by atoms with van der Waals surface area (Å²) in [5.74, 6) is 1.45. The van der Waals surface area contributed by atoms with Gasteiger partial charge in [-0.25, -0.2) is 4.98 Å². The van der Waals surface area contributed by atoms with E-state index in [1.54, 1.807) is 19.0 Å². The Bertz CT molecular complexity index is 1240. The van der Waals surface area contributed by atoms with Crippen molar-refractivity contribution in [3.05, 3.63) is 82.8 Å². The number of aromatic nitrogens is 2. The smallest absolute Gasteiger partial charge is 0.253 e. The molecular formula is C29H33N5O. The number of nitrogens with zero attached hydrogens (tertiary/aromatic N) is 4. The largest absolute Gasteiger partial charge is 0.384 e. The van der Waals surface area contributed by atoms with Crippen LogP contribution in [0.2, 0.25) is 0 Å². The summed E-state index contributed by atoms with van der Waals surface area (Å²) in [5, 5.41) is 0. The summed E-state index contributed by atoms with van der Waals surface area (Å²) >= 11 is 0. The Balaban J connectivity index is 1.24. The van der Waals surface area contributed by atoms with E-state index >= 15 is 0 Å². The van der Waals surface area contributed by atoms with Crippen molar-refractivity contribution in [3.63, 3.8) is 0 Å². The molecule has 0 saturated carbocycles. The topological polar surface area (TPSA) is 75.4 Å². The quantitative estimate of drug-likeness (QED) is 0.583. The molecule has 35 heavy (non-hydrogen) atoms. The summed E-state index contributed by atoms with van der Waals surface area (Å²) in [5.41, 5.74) is 13.9. The third kappa shape index (κ3) is 4.71. The number of carbonyl (C=O) groups excluding carboxylic acids is 1. The number of benzene rings is 1. The first-order valence-electron chi connectivity index (χ1n) is 12.4. The van der Waals surface area contributed by atoms with Crippen molar-refractivity contribution >= 4 is 17.8 Å². The van der Waals surface area contributed by atoms with Crippen molar-refractivity contribution in [3.8, 4) is 11.1 Å². The number of carbonyl (C=O) groups is 1. The highest BCUT2D eigenvalue weighted by Gasteiger charge is 2.28. The van der Waals surface area contributed by atoms with E-state index in [1.165, 1.54) is 22.3 Å². The molecule has 1 aromatic carbocycles. The maximum Gasteiger partial charge on any atom is 0.253 e. The zero-order chi connectivity index (χ0) is 24.5. The highest BCUT2D eigenvalue weighted by molar-refractivity contribution is 5.93. The van der Waals surface area contributed by atoms with E-state index in [0.29, 0.717) is 17.7 Å². The fourth-order valence-corrected chi connectivity index (χ4v) is 5.31. The molecule has 2 N–H and O–H groups in total. The number of amides is 1. The number of pyridine rings is 2. The SMILES string of the molecule is CC1C(CN2CCC(c3ccc(C(=O)N(C)C)cc3)CC2)=Cc2c(-c3ccc(N)nc3)ccnc21. The van der Waals surface area contributed by atoms with Gasteiger partial charge in [0.25, 0.3) is 5.91 Å². The van der Waals surface area contributed by atoms with Crippen LogP contribution in [0.3, 0.4) is 0 Å². The molecule has 0 spiro atoms. The maximum atomic E-state index is 12.2. The van der Waals surface area contributed by atoms with Crippen molar-refractivity contribution in [2.45, 2.75) is 31.6 Å². The predicted octanol–water partition coefficient (Wildman–Crippen LogP) is 4.81. The third-order valence-corrected chi connectivity index (χ3v) is 7.44. The van der Waals surface area contributed by atoms with Crippen LogP contribution in [0.15, 0.2) is 60.4 Å². The molecule has 1 aliphatic carbocycles. The lowest BCUT2D eigenvalue weighted by atomic mass is 9.88. The maximum absolute atomic E-state index is 12.2. The van der Waals surface area contributed by atoms with Crippen LogP contribution in [-0.4, -0.2) is 59.4 Å². The van der Waals surface area contributed by atoms with Crippen molar-refractivity contribution in [2.75, 3.05) is 39.5 Å². The standard InChI is InChI=1S/C29H33N5O/c1-19-24(16-26-25(10-13-31-28(19)26)23-8-9-27(30)32-17-23)18-34-14-11-21(12-15-34)20-4-6-22(7-5-20)29(35)33(2)3/h4-10,13,16-17,19,21H,11-12,14-15,18H2,1-3H3,(H2,30,32). The molecule has 2 aromatic heterocycles. The minimum Gasteiger partial charge on any atom is -0.384 e. The molecule has 3 heterocycles. The van der Waals surface area contributed by atoms with Gasteiger partial charge in [-0.15, -0.1) is 0 Å². The molecule has 1 fully saturated rings. The lowest BCUT2D eigenvalue weighted by Gasteiger charge is -2.33. The second kappa shape index (κ2) is 9.62. The lowest BCUT2D eigenvalue weighted by molar-refractivity contribution is 0.0827. The van der Waals surface area contributed by atoms with Crippen LogP contribution in [0.5, 0.6) is 0 Å². The van der Waals surface area contributed by atoms with Gasteiger partial charge in [0.1, 0.15) is 5.82 Å². The van der Waals surface area contributed by atoms with Gasteiger partial charge in [0.2, 0.25) is 0 Å². The van der Waals surface area contributed by atoms with Crippen LogP contribution in [0.1, 0.15) is 58.8 Å². The second-order valence-electron chi connectivity index (χ2n) is 9.94. The summed E-state index contributed by atoms with van der Waals surface area (Å²) in [4.78, 5) is 25.4. The zero-order valence-electron chi connectivity index (χ0n) is 20.7. The molecule has 6 nitrogen and oxygen atoms in total. The van der Waals surface area contributed by atoms with Crippen LogP contribution < -0.4 is 5.73 Å². The minimum absolute atomic E-state index is 0.0524. The van der Waals surface area contributed by atoms with E-state index in [-0.39, 0.29) is 5.91 Å². The lowest BCUT2D eigenvalue weighted by Crippen LogP contribution is -2.34. The molecule has 1 unspecified atom stereocenters. The van der Waals surface area contributed by atoms with Gasteiger partial charge in [0.05, 0.1) is 5.69 Å². The van der Waals surface area contributed by atoms with E-state index in [4.69, 9.17) is 10.7 Å². The highest BCUT2D eigenvalue weighted by Crippen LogP contribution is 2.40. The van der Waals surface area contributed by atoms with Gasteiger partial charge in [-0.2, -0.15) is 0 Å². The third-order valence-electron chi connectivity index (χ3n) is 7.44. The van der Waals surface area contributed by atoms with E-state index in [9.17, 15) is 4.79 Å². The first-order valence-corrected chi connectivity index (χ1v) is 12.4. The van der Waals surface area contributed by atoms with Gasteiger partial charge in [0.15, 0.2) is 0 Å². The average Bonchev–Trinajstić information content (AvgIpc) is 3.20. The van der Waals surface area contributed by atoms with E-state index in [2.05, 4.69) is 41.1 Å². The second-order valence-corrected chi connectivity index (χ2v) is 9.94. The van der Waals surface area contributed by atoms with Gasteiger partial charge in [-0.3, -0.25) is 14.7 Å². The summed E-state index contributed by atoms with van der Waals surface area (Å²) < 4.78 is 0. The Labute approximate surface area is 207 Å². The summed E-state index contributed by atoms with van der Waals surface area (Å²) in [6, 6.07) is 14.1. The molecule has 1 atom stereocenters. The van der Waals surface area contributed by atoms with Crippen LogP contribution in [0, 0.1) is 0 Å². The molecule has 0 bridgehead atoms. The summed E-state index contributed by atoms with van der Waals surface area (Å²) in [7, 11) is 3.58. The van der Waals surface area contributed by atoms with Crippen molar-refractivity contribution < 1.29 is 4.79 Å². The summed E-state index contributed by atoms with van der Waals surface area (Å²) in [6.45, 7) is 5.39. The fraction of sp³-hybridized carbons (Fsp3) is 0.345. The molecule has 2 aliphatic rings. The van der Waals surface area contributed by atoms with Crippen molar-refractivity contribution in [1.82, 2.24) is 19.8 Å². The predicted molar refractivity (Wildman–Crippen MR) is 141 cm³/mol. The number of hydrogen-bond acceptors (Lipinski definition) is 5. The highest BCUT2D eigenvalue weighted by atomic mass is 16.2. The van der Waals surface area contributed by atoms with Crippen LogP contribution in [0.25, 0.3) is 17.2 Å². The molecule has 3 aromatic rings. The first kappa shape index (κ1) is 23.2. The van der Waals surface area contributed by atoms with E-state index in [1.807, 2.05) is 36.7 Å². The molecule has 1 aliphatic heterocycles. The molecule has 1 saturated heterocycles. The van der Waals surface area contributed by atoms with E-state index < -0.39 is 0 Å². The van der Waals surface area contributed by atoms with Crippen molar-refractivity contribution in [1.29, 1.82) is 0 Å². The normalized spacial score (nSPS) is 18.3. The average molecular weight is 468 g/mol. The number of hydrogen-bond donors (Lipinski definition) is 1. The van der Waals surface area contributed by atoms with Gasteiger partial charge >= 0.3 is 0 Å². The van der Waals surface area contributed by atoms with Gasteiger partial charge < -0.3 is 10.6 Å². The number of piperidine rings is 1. The number of nitrogen functional groups attached to an aromatic ring is 1.